The third kappa shape index (κ3) is 2.50. The lowest BCUT2D eigenvalue weighted by Gasteiger charge is -2.26. The van der Waals surface area contributed by atoms with E-state index in [9.17, 15) is 0 Å². The Morgan fingerprint density at radius 1 is 1.21 bits per heavy atom. The van der Waals surface area contributed by atoms with Gasteiger partial charge in [0.25, 0.3) is 0 Å². The summed E-state index contributed by atoms with van der Waals surface area (Å²) in [4.78, 5) is 7.03. The molecule has 0 unspecified atom stereocenters. The van der Waals surface area contributed by atoms with Crippen molar-refractivity contribution in [2.45, 2.75) is 31.6 Å². The van der Waals surface area contributed by atoms with E-state index in [-0.39, 0.29) is 0 Å². The molecule has 5 rings (SSSR count). The molecule has 1 radical (unpaired) electrons. The van der Waals surface area contributed by atoms with Gasteiger partial charge in [0.15, 0.2) is 5.82 Å². The van der Waals surface area contributed by atoms with Crippen LogP contribution in [0.25, 0.3) is 5.52 Å². The first-order valence-corrected chi connectivity index (χ1v) is 8.61. The monoisotopic (exact) mass is 322 g/mol. The van der Waals surface area contributed by atoms with Crippen LogP contribution in [0.1, 0.15) is 37.3 Å². The van der Waals surface area contributed by atoms with E-state index >= 15 is 0 Å². The van der Waals surface area contributed by atoms with Crippen LogP contribution in [0.2, 0.25) is 0 Å². The number of H-pyrrole nitrogens is 1. The molecule has 1 saturated heterocycles. The molecular formula is C17H20N7. The summed E-state index contributed by atoms with van der Waals surface area (Å²) in [7, 11) is 0. The molecule has 7 nitrogen and oxygen atoms in total. The number of piperidine rings is 1. The van der Waals surface area contributed by atoms with Crippen LogP contribution < -0.4 is 10.2 Å². The van der Waals surface area contributed by atoms with Gasteiger partial charge >= 0.3 is 0 Å². The van der Waals surface area contributed by atoms with Gasteiger partial charge in [0.05, 0.1) is 5.69 Å². The van der Waals surface area contributed by atoms with E-state index in [1.807, 2.05) is 22.8 Å². The lowest BCUT2D eigenvalue weighted by Crippen LogP contribution is -2.31. The highest BCUT2D eigenvalue weighted by atomic mass is 15.4. The number of rotatable bonds is 4. The summed E-state index contributed by atoms with van der Waals surface area (Å²) in [6.07, 6.45) is 8.95. The van der Waals surface area contributed by atoms with Gasteiger partial charge in [0.2, 0.25) is 5.95 Å². The lowest BCUT2D eigenvalue weighted by atomic mass is 10.1. The van der Waals surface area contributed by atoms with Gasteiger partial charge in [-0.2, -0.15) is 10.1 Å². The predicted octanol–water partition coefficient (Wildman–Crippen LogP) is 2.88. The molecule has 1 saturated carbocycles. The second-order valence-electron chi connectivity index (χ2n) is 6.56. The minimum absolute atomic E-state index is 0.635. The molecule has 7 heteroatoms. The smallest absolute Gasteiger partial charge is 0.245 e. The van der Waals surface area contributed by atoms with E-state index in [4.69, 9.17) is 4.98 Å². The second kappa shape index (κ2) is 5.51. The van der Waals surface area contributed by atoms with Gasteiger partial charge in [-0.05, 0) is 44.2 Å². The van der Waals surface area contributed by atoms with E-state index in [1.54, 1.807) is 0 Å². The fourth-order valence-electron chi connectivity index (χ4n) is 3.22. The van der Waals surface area contributed by atoms with Crippen molar-refractivity contribution in [2.24, 2.45) is 0 Å². The van der Waals surface area contributed by atoms with Crippen molar-refractivity contribution >= 4 is 23.1 Å². The molecule has 0 spiro atoms. The molecule has 2 fully saturated rings. The number of aromatic amines is 1. The van der Waals surface area contributed by atoms with Crippen molar-refractivity contribution in [1.82, 2.24) is 24.8 Å². The Hall–Kier alpha value is -2.57. The largest absolute Gasteiger partial charge is 0.340 e. The number of aromatic nitrogens is 5. The van der Waals surface area contributed by atoms with Crippen LogP contribution in [-0.4, -0.2) is 37.9 Å². The number of fused-ring (bicyclic) bond motifs is 1. The molecule has 1 aliphatic heterocycles. The zero-order valence-electron chi connectivity index (χ0n) is 13.4. The van der Waals surface area contributed by atoms with E-state index in [0.29, 0.717) is 5.92 Å². The maximum Gasteiger partial charge on any atom is 0.245 e. The van der Waals surface area contributed by atoms with Crippen molar-refractivity contribution in [3.63, 3.8) is 0 Å². The van der Waals surface area contributed by atoms with Crippen LogP contribution >= 0.6 is 0 Å². The van der Waals surface area contributed by atoms with E-state index < -0.39 is 0 Å². The molecule has 24 heavy (non-hydrogen) atoms. The maximum absolute atomic E-state index is 4.78. The van der Waals surface area contributed by atoms with Crippen LogP contribution in [0.5, 0.6) is 0 Å². The number of hydrogen-bond acceptors (Lipinski definition) is 5. The summed E-state index contributed by atoms with van der Waals surface area (Å²) in [6, 6.07) is 6.11. The normalized spacial score (nSPS) is 18.2. The van der Waals surface area contributed by atoms with Gasteiger partial charge < -0.3 is 10.2 Å². The molecule has 2 N–H and O–H groups in total. The van der Waals surface area contributed by atoms with Crippen molar-refractivity contribution < 1.29 is 0 Å². The quantitative estimate of drug-likeness (QED) is 0.772. The van der Waals surface area contributed by atoms with Gasteiger partial charge in [-0.3, -0.25) is 5.10 Å². The minimum atomic E-state index is 0.635. The molecule has 0 amide bonds. The van der Waals surface area contributed by atoms with Crippen molar-refractivity contribution in [2.75, 3.05) is 23.3 Å². The third-order valence-corrected chi connectivity index (χ3v) is 4.72. The van der Waals surface area contributed by atoms with Gasteiger partial charge in [0, 0.05) is 31.3 Å². The first kappa shape index (κ1) is 13.8. The third-order valence-electron chi connectivity index (χ3n) is 4.72. The highest BCUT2D eigenvalue weighted by molar-refractivity contribution is 5.73. The molecule has 0 atom stereocenters. The van der Waals surface area contributed by atoms with E-state index in [0.717, 1.165) is 54.7 Å². The standard InChI is InChI=1S/C17H20N7/c1-2-8-23(9-3-1)17-19-16(14-5-4-10-24(14)22-17)18-15-11-13(20-21-15)12-6-7-12/h1,4-5,10-12H,2-3,6-9H2,(H2,18,19,20,21,22). The first-order chi connectivity index (χ1) is 11.9. The number of anilines is 3. The van der Waals surface area contributed by atoms with Crippen LogP contribution in [-0.2, 0) is 0 Å². The molecule has 0 bridgehead atoms. The predicted molar refractivity (Wildman–Crippen MR) is 92.6 cm³/mol. The SMILES string of the molecule is [CH]1CCN(c2nc(Nc3cc(C4CC4)n[nH]3)c3cccn3n2)CC1. The molecule has 1 aliphatic carbocycles. The summed E-state index contributed by atoms with van der Waals surface area (Å²) in [5.41, 5.74) is 2.11. The highest BCUT2D eigenvalue weighted by Gasteiger charge is 2.26. The first-order valence-electron chi connectivity index (χ1n) is 8.61. The molecular weight excluding hydrogens is 302 g/mol. The van der Waals surface area contributed by atoms with Crippen molar-refractivity contribution in [1.29, 1.82) is 0 Å². The second-order valence-corrected chi connectivity index (χ2v) is 6.56. The Labute approximate surface area is 140 Å². The minimum Gasteiger partial charge on any atom is -0.340 e. The summed E-state index contributed by atoms with van der Waals surface area (Å²) >= 11 is 0. The average Bonchev–Trinajstić information content (AvgIpc) is 3.17. The van der Waals surface area contributed by atoms with Crippen LogP contribution in [0.3, 0.4) is 0 Å². The highest BCUT2D eigenvalue weighted by Crippen LogP contribution is 2.39. The average molecular weight is 322 g/mol. The number of nitrogens with one attached hydrogen (secondary N) is 2. The molecule has 123 valence electrons. The fraction of sp³-hybridized carbons (Fsp3) is 0.412. The summed E-state index contributed by atoms with van der Waals surface area (Å²) < 4.78 is 1.89. The molecule has 2 aliphatic rings. The topological polar surface area (TPSA) is 74.1 Å². The summed E-state index contributed by atoms with van der Waals surface area (Å²) in [5.74, 6) is 3.11. The van der Waals surface area contributed by atoms with Gasteiger partial charge in [0.1, 0.15) is 11.3 Å². The van der Waals surface area contributed by atoms with E-state index in [2.05, 4.69) is 38.0 Å². The van der Waals surface area contributed by atoms with Crippen molar-refractivity contribution in [3.8, 4) is 0 Å². The van der Waals surface area contributed by atoms with Gasteiger partial charge in [-0.25, -0.2) is 4.52 Å². The van der Waals surface area contributed by atoms with Crippen molar-refractivity contribution in [3.05, 3.63) is 36.5 Å². The number of hydrogen-bond donors (Lipinski definition) is 2. The maximum atomic E-state index is 4.78. The molecule has 0 aromatic carbocycles. The Morgan fingerprint density at radius 3 is 2.92 bits per heavy atom. The molecule has 4 heterocycles. The Kier molecular flexibility index (Phi) is 3.17. The Balaban J connectivity index is 1.49. The van der Waals surface area contributed by atoms with Gasteiger partial charge in [-0.15, -0.1) is 5.10 Å². The Bertz CT molecular complexity index is 855. The summed E-state index contributed by atoms with van der Waals surface area (Å²) in [5, 5.41) is 15.5. The molecule has 3 aromatic rings. The lowest BCUT2D eigenvalue weighted by molar-refractivity contribution is 0.652. The Morgan fingerprint density at radius 2 is 2.08 bits per heavy atom. The fourth-order valence-corrected chi connectivity index (χ4v) is 3.22. The van der Waals surface area contributed by atoms with Crippen LogP contribution in [0.4, 0.5) is 17.6 Å². The summed E-state index contributed by atoms with van der Waals surface area (Å²) in [6.45, 7) is 1.95. The van der Waals surface area contributed by atoms with Gasteiger partial charge in [-0.1, -0.05) is 0 Å². The zero-order valence-corrected chi connectivity index (χ0v) is 13.4. The van der Waals surface area contributed by atoms with Crippen LogP contribution in [0, 0.1) is 6.42 Å². The molecule has 3 aromatic heterocycles. The van der Waals surface area contributed by atoms with Crippen LogP contribution in [0.15, 0.2) is 24.4 Å². The van der Waals surface area contributed by atoms with E-state index in [1.165, 1.54) is 12.8 Å². The number of nitrogens with zero attached hydrogens (tertiary/aromatic N) is 5. The zero-order chi connectivity index (χ0) is 15.9.